The molecule has 0 aliphatic carbocycles. The quantitative estimate of drug-likeness (QED) is 0.845. The Hall–Kier alpha value is -1.94. The minimum Gasteiger partial charge on any atom is -0.478 e. The predicted octanol–water partition coefficient (Wildman–Crippen LogP) is 3.22. The molecule has 0 spiro atoms. The Morgan fingerprint density at radius 2 is 2.24 bits per heavy atom. The van der Waals surface area contributed by atoms with Crippen molar-refractivity contribution < 1.29 is 9.90 Å². The highest BCUT2D eigenvalue weighted by atomic mass is 32.1. The van der Waals surface area contributed by atoms with Crippen LogP contribution in [0.2, 0.25) is 0 Å². The number of rotatable bonds is 3. The van der Waals surface area contributed by atoms with E-state index < -0.39 is 5.97 Å². The molecule has 1 aromatic carbocycles. The molecule has 0 bridgehead atoms. The first-order valence-electron chi connectivity index (χ1n) is 5.02. The van der Waals surface area contributed by atoms with E-state index in [-0.39, 0.29) is 5.57 Å². The van der Waals surface area contributed by atoms with Crippen molar-refractivity contribution in [3.8, 4) is 10.6 Å². The van der Waals surface area contributed by atoms with Gasteiger partial charge in [0.25, 0.3) is 0 Å². The van der Waals surface area contributed by atoms with Gasteiger partial charge < -0.3 is 5.11 Å². The van der Waals surface area contributed by atoms with Crippen molar-refractivity contribution in [2.24, 2.45) is 0 Å². The molecule has 0 fully saturated rings. The summed E-state index contributed by atoms with van der Waals surface area (Å²) in [4.78, 5) is 15.1. The van der Waals surface area contributed by atoms with Gasteiger partial charge in [-0.05, 0) is 18.1 Å². The summed E-state index contributed by atoms with van der Waals surface area (Å²) in [5.41, 5.74) is 2.77. The van der Waals surface area contributed by atoms with Crippen molar-refractivity contribution in [3.63, 3.8) is 0 Å². The third kappa shape index (κ3) is 2.26. The summed E-state index contributed by atoms with van der Waals surface area (Å²) in [6.07, 6.45) is 1.75. The SMILES string of the molecule is C=C(C(=O)O)c1ccc(-c2nccs2)c(C)c1. The Balaban J connectivity index is 2.42. The first-order valence-corrected chi connectivity index (χ1v) is 5.90. The standard InChI is InChI=1S/C13H11NO2S/c1-8-7-10(9(2)13(15)16)3-4-11(8)12-14-5-6-17-12/h3-7H,2H2,1H3,(H,15,16). The third-order valence-corrected chi connectivity index (χ3v) is 3.30. The van der Waals surface area contributed by atoms with Crippen LogP contribution in [0.25, 0.3) is 16.1 Å². The van der Waals surface area contributed by atoms with E-state index in [1.165, 1.54) is 0 Å². The molecule has 1 aromatic heterocycles. The summed E-state index contributed by atoms with van der Waals surface area (Å²) < 4.78 is 0. The number of benzene rings is 1. The molecule has 4 heteroatoms. The molecule has 0 saturated carbocycles. The van der Waals surface area contributed by atoms with Gasteiger partial charge in [0.05, 0.1) is 5.57 Å². The average Bonchev–Trinajstić information content (AvgIpc) is 2.81. The number of carbonyl (C=O) groups is 1. The topological polar surface area (TPSA) is 50.2 Å². The molecule has 2 aromatic rings. The van der Waals surface area contributed by atoms with Gasteiger partial charge in [0.2, 0.25) is 0 Å². The molecule has 0 aliphatic rings. The van der Waals surface area contributed by atoms with Crippen molar-refractivity contribution in [3.05, 3.63) is 47.5 Å². The highest BCUT2D eigenvalue weighted by Crippen LogP contribution is 2.27. The lowest BCUT2D eigenvalue weighted by Gasteiger charge is -2.06. The van der Waals surface area contributed by atoms with Crippen LogP contribution in [0.4, 0.5) is 0 Å². The van der Waals surface area contributed by atoms with Crippen molar-refractivity contribution >= 4 is 22.9 Å². The molecule has 17 heavy (non-hydrogen) atoms. The van der Waals surface area contributed by atoms with Gasteiger partial charge in [0.1, 0.15) is 5.01 Å². The van der Waals surface area contributed by atoms with E-state index in [4.69, 9.17) is 5.11 Å². The lowest BCUT2D eigenvalue weighted by Crippen LogP contribution is -1.98. The molecule has 1 heterocycles. The fourth-order valence-electron chi connectivity index (χ4n) is 1.57. The van der Waals surface area contributed by atoms with Crippen molar-refractivity contribution in [1.82, 2.24) is 4.98 Å². The highest BCUT2D eigenvalue weighted by molar-refractivity contribution is 7.13. The largest absolute Gasteiger partial charge is 0.478 e. The molecule has 1 N–H and O–H groups in total. The Bertz CT molecular complexity index is 573. The first-order chi connectivity index (χ1) is 8.09. The number of carboxylic acids is 1. The second-order valence-corrected chi connectivity index (χ2v) is 4.55. The molecule has 3 nitrogen and oxygen atoms in total. The van der Waals surface area contributed by atoms with Crippen LogP contribution in [0.5, 0.6) is 0 Å². The molecule has 0 radical (unpaired) electrons. The minimum atomic E-state index is -0.994. The number of nitrogens with zero attached hydrogens (tertiary/aromatic N) is 1. The molecule has 0 amide bonds. The number of hydrogen-bond donors (Lipinski definition) is 1. The van der Waals surface area contributed by atoms with Crippen LogP contribution in [0.15, 0.2) is 36.4 Å². The van der Waals surface area contributed by atoms with Crippen LogP contribution in [-0.4, -0.2) is 16.1 Å². The summed E-state index contributed by atoms with van der Waals surface area (Å²) in [5, 5.41) is 11.7. The van der Waals surface area contributed by atoms with Crippen molar-refractivity contribution in [2.45, 2.75) is 6.92 Å². The van der Waals surface area contributed by atoms with Gasteiger partial charge >= 0.3 is 5.97 Å². The van der Waals surface area contributed by atoms with Gasteiger partial charge in [-0.15, -0.1) is 11.3 Å². The van der Waals surface area contributed by atoms with E-state index in [1.54, 1.807) is 23.6 Å². The van der Waals surface area contributed by atoms with E-state index in [2.05, 4.69) is 11.6 Å². The Kier molecular flexibility index (Phi) is 3.06. The molecular formula is C13H11NO2S. The van der Waals surface area contributed by atoms with Gasteiger partial charge in [-0.1, -0.05) is 24.8 Å². The summed E-state index contributed by atoms with van der Waals surface area (Å²) in [6.45, 7) is 5.49. The summed E-state index contributed by atoms with van der Waals surface area (Å²) in [5.74, 6) is -0.994. The first kappa shape index (κ1) is 11.5. The van der Waals surface area contributed by atoms with E-state index >= 15 is 0 Å². The normalized spacial score (nSPS) is 10.2. The maximum atomic E-state index is 10.8. The van der Waals surface area contributed by atoms with Crippen LogP contribution < -0.4 is 0 Å². The van der Waals surface area contributed by atoms with Gasteiger partial charge in [0, 0.05) is 17.1 Å². The molecule has 2 rings (SSSR count). The van der Waals surface area contributed by atoms with Crippen LogP contribution in [0, 0.1) is 6.92 Å². The zero-order valence-electron chi connectivity index (χ0n) is 9.30. The number of aryl methyl sites for hydroxylation is 1. The average molecular weight is 245 g/mol. The highest BCUT2D eigenvalue weighted by Gasteiger charge is 2.10. The Morgan fingerprint density at radius 3 is 2.76 bits per heavy atom. The van der Waals surface area contributed by atoms with E-state index in [9.17, 15) is 4.79 Å². The molecule has 0 saturated heterocycles. The van der Waals surface area contributed by atoms with Crippen molar-refractivity contribution in [2.75, 3.05) is 0 Å². The zero-order valence-corrected chi connectivity index (χ0v) is 10.1. The van der Waals surface area contributed by atoms with Crippen LogP contribution in [0.3, 0.4) is 0 Å². The number of aliphatic carboxylic acids is 1. The number of aromatic nitrogens is 1. The van der Waals surface area contributed by atoms with Gasteiger partial charge in [-0.2, -0.15) is 0 Å². The third-order valence-electron chi connectivity index (χ3n) is 2.50. The lowest BCUT2D eigenvalue weighted by atomic mass is 10.0. The summed E-state index contributed by atoms with van der Waals surface area (Å²) in [7, 11) is 0. The molecule has 0 aliphatic heterocycles. The predicted molar refractivity (Wildman–Crippen MR) is 69.0 cm³/mol. The van der Waals surface area contributed by atoms with Crippen molar-refractivity contribution in [1.29, 1.82) is 0 Å². The summed E-state index contributed by atoms with van der Waals surface area (Å²) >= 11 is 1.56. The monoisotopic (exact) mass is 245 g/mol. The number of thiazole rings is 1. The smallest absolute Gasteiger partial charge is 0.335 e. The zero-order chi connectivity index (χ0) is 12.4. The fraction of sp³-hybridized carbons (Fsp3) is 0.0769. The maximum Gasteiger partial charge on any atom is 0.335 e. The Morgan fingerprint density at radius 1 is 1.47 bits per heavy atom. The fourth-order valence-corrected chi connectivity index (χ4v) is 2.30. The maximum absolute atomic E-state index is 10.8. The van der Waals surface area contributed by atoms with Crippen LogP contribution >= 0.6 is 11.3 Å². The van der Waals surface area contributed by atoms with E-state index in [1.807, 2.05) is 24.4 Å². The number of hydrogen-bond acceptors (Lipinski definition) is 3. The second kappa shape index (κ2) is 4.51. The van der Waals surface area contributed by atoms with Gasteiger partial charge in [0.15, 0.2) is 0 Å². The molecular weight excluding hydrogens is 234 g/mol. The molecule has 0 atom stereocenters. The lowest BCUT2D eigenvalue weighted by molar-refractivity contribution is -0.130. The van der Waals surface area contributed by atoms with Gasteiger partial charge in [-0.25, -0.2) is 9.78 Å². The summed E-state index contributed by atoms with van der Waals surface area (Å²) in [6, 6.07) is 5.48. The van der Waals surface area contributed by atoms with E-state index in [0.29, 0.717) is 5.56 Å². The minimum absolute atomic E-state index is 0.110. The molecule has 86 valence electrons. The Labute approximate surface area is 103 Å². The van der Waals surface area contributed by atoms with Crippen LogP contribution in [-0.2, 0) is 4.79 Å². The van der Waals surface area contributed by atoms with Gasteiger partial charge in [-0.3, -0.25) is 0 Å². The van der Waals surface area contributed by atoms with Crippen LogP contribution in [0.1, 0.15) is 11.1 Å². The molecule has 0 unspecified atom stereocenters. The second-order valence-electron chi connectivity index (χ2n) is 3.65. The van der Waals surface area contributed by atoms with E-state index in [0.717, 1.165) is 16.1 Å². The number of carboxylic acid groups (broad SMARTS) is 1.